The number of benzene rings is 2. The molecule has 0 aliphatic heterocycles. The number of halogens is 2. The molecule has 2 amide bonds. The van der Waals surface area contributed by atoms with E-state index in [1.54, 1.807) is 25.1 Å². The van der Waals surface area contributed by atoms with Crippen LogP contribution in [0.3, 0.4) is 0 Å². The minimum absolute atomic E-state index is 0.0279. The molecule has 1 atom stereocenters. The van der Waals surface area contributed by atoms with Crippen LogP contribution >= 0.6 is 0 Å². The second kappa shape index (κ2) is 17.6. The Kier molecular flexibility index (Phi) is 15.3. The van der Waals surface area contributed by atoms with Crippen LogP contribution in [0.4, 0.5) is 8.78 Å². The van der Waals surface area contributed by atoms with Gasteiger partial charge in [0.1, 0.15) is 11.6 Å². The largest absolute Gasteiger partial charge is 0.395 e. The van der Waals surface area contributed by atoms with Crippen molar-refractivity contribution in [1.29, 1.82) is 0 Å². The summed E-state index contributed by atoms with van der Waals surface area (Å²) in [6.07, 6.45) is 1.03. The summed E-state index contributed by atoms with van der Waals surface area (Å²) < 4.78 is 24.4. The Bertz CT molecular complexity index is 963. The Balaban J connectivity index is 0.000000671. The molecule has 9 heteroatoms. The van der Waals surface area contributed by atoms with Crippen LogP contribution < -0.4 is 5.32 Å². The molecule has 0 radical (unpaired) electrons. The maximum atomic E-state index is 12.9. The molecule has 0 saturated heterocycles. The number of rotatable bonds is 13. The van der Waals surface area contributed by atoms with E-state index in [9.17, 15) is 23.5 Å². The summed E-state index contributed by atoms with van der Waals surface area (Å²) in [5.41, 5.74) is 2.37. The van der Waals surface area contributed by atoms with E-state index in [1.807, 2.05) is 37.5 Å². The van der Waals surface area contributed by atoms with E-state index < -0.39 is 17.7 Å². The highest BCUT2D eigenvalue weighted by atomic mass is 19.1. The molecule has 1 unspecified atom stereocenters. The van der Waals surface area contributed by atoms with Gasteiger partial charge in [0.05, 0.1) is 12.7 Å². The Morgan fingerprint density at radius 2 is 1.42 bits per heavy atom. The third kappa shape index (κ3) is 12.1. The number of carbonyl (C=O) groups is 2. The van der Waals surface area contributed by atoms with E-state index in [-0.39, 0.29) is 25.0 Å². The first-order valence-corrected chi connectivity index (χ1v) is 13.2. The van der Waals surface area contributed by atoms with Crippen LogP contribution in [-0.4, -0.2) is 83.8 Å². The number of hydrogen-bond acceptors (Lipinski definition) is 5. The Morgan fingerprint density at radius 1 is 0.868 bits per heavy atom. The van der Waals surface area contributed by atoms with E-state index >= 15 is 0 Å². The van der Waals surface area contributed by atoms with Crippen molar-refractivity contribution in [3.05, 3.63) is 70.3 Å². The minimum Gasteiger partial charge on any atom is -0.395 e. The summed E-state index contributed by atoms with van der Waals surface area (Å²) in [6, 6.07) is 8.59. The van der Waals surface area contributed by atoms with Crippen molar-refractivity contribution in [1.82, 2.24) is 15.1 Å². The van der Waals surface area contributed by atoms with E-state index in [4.69, 9.17) is 5.11 Å². The van der Waals surface area contributed by atoms with Gasteiger partial charge in [-0.3, -0.25) is 14.5 Å². The average Bonchev–Trinajstić information content (AvgIpc) is 2.85. The standard InChI is InChI=1S/C22H37N3O4.C7H6F2/c1-5-8-25(9-6-2)22(29)19-13-17(4)12-18(14-19)21(28)23-15-20(27)16-24(7-3)10-11-26;1-5-2-6(8)4-7(9)3-5/h12-14,20,26-27H,5-11,15-16H2,1-4H3,(H,23,28);2-4H,1H3. The lowest BCUT2D eigenvalue weighted by atomic mass is 10.0. The first-order chi connectivity index (χ1) is 18.0. The highest BCUT2D eigenvalue weighted by Crippen LogP contribution is 2.13. The SMILES string of the molecule is CCCN(CCC)C(=O)c1cc(C)cc(C(=O)NCC(O)CN(CC)CCO)c1.Cc1cc(F)cc(F)c1. The van der Waals surface area contributed by atoms with Crippen molar-refractivity contribution in [3.63, 3.8) is 0 Å². The van der Waals surface area contributed by atoms with E-state index in [0.29, 0.717) is 49.4 Å². The highest BCUT2D eigenvalue weighted by molar-refractivity contribution is 6.00. The summed E-state index contributed by atoms with van der Waals surface area (Å²) in [5.74, 6) is -1.42. The summed E-state index contributed by atoms with van der Waals surface area (Å²) in [7, 11) is 0. The summed E-state index contributed by atoms with van der Waals surface area (Å²) in [4.78, 5) is 29.2. The zero-order valence-electron chi connectivity index (χ0n) is 23.3. The molecule has 38 heavy (non-hydrogen) atoms. The lowest BCUT2D eigenvalue weighted by Crippen LogP contribution is -2.41. The normalized spacial score (nSPS) is 11.5. The average molecular weight is 536 g/mol. The number of aliphatic hydroxyl groups is 2. The minimum atomic E-state index is -0.735. The zero-order chi connectivity index (χ0) is 28.7. The molecule has 2 aromatic carbocycles. The Morgan fingerprint density at radius 3 is 1.92 bits per heavy atom. The van der Waals surface area contributed by atoms with Gasteiger partial charge in [-0.05, 0) is 74.7 Å². The molecule has 0 aromatic heterocycles. The molecule has 0 spiro atoms. The van der Waals surface area contributed by atoms with Gasteiger partial charge in [-0.2, -0.15) is 0 Å². The maximum absolute atomic E-state index is 12.9. The second-order valence-electron chi connectivity index (χ2n) is 9.31. The predicted molar refractivity (Wildman–Crippen MR) is 146 cm³/mol. The zero-order valence-corrected chi connectivity index (χ0v) is 23.3. The van der Waals surface area contributed by atoms with Crippen molar-refractivity contribution in [2.24, 2.45) is 0 Å². The van der Waals surface area contributed by atoms with Crippen molar-refractivity contribution >= 4 is 11.8 Å². The Hall–Kier alpha value is -2.88. The topological polar surface area (TPSA) is 93.1 Å². The summed E-state index contributed by atoms with van der Waals surface area (Å²) >= 11 is 0. The van der Waals surface area contributed by atoms with Crippen LogP contribution in [-0.2, 0) is 0 Å². The molecule has 2 rings (SSSR count). The van der Waals surface area contributed by atoms with Crippen molar-refractivity contribution in [3.8, 4) is 0 Å². The van der Waals surface area contributed by atoms with Gasteiger partial charge in [0.25, 0.3) is 11.8 Å². The molecule has 0 heterocycles. The smallest absolute Gasteiger partial charge is 0.253 e. The molecule has 3 N–H and O–H groups in total. The lowest BCUT2D eigenvalue weighted by molar-refractivity contribution is 0.0755. The first kappa shape index (κ1) is 33.1. The Labute approximate surface area is 225 Å². The number of nitrogens with zero attached hydrogens (tertiary/aromatic N) is 2. The number of nitrogens with one attached hydrogen (secondary N) is 1. The van der Waals surface area contributed by atoms with Crippen molar-refractivity contribution in [2.45, 2.75) is 53.6 Å². The van der Waals surface area contributed by atoms with Gasteiger partial charge < -0.3 is 20.4 Å². The van der Waals surface area contributed by atoms with Crippen molar-refractivity contribution in [2.75, 3.05) is 45.9 Å². The lowest BCUT2D eigenvalue weighted by Gasteiger charge is -2.23. The van der Waals surface area contributed by atoms with Crippen LogP contribution in [0.5, 0.6) is 0 Å². The monoisotopic (exact) mass is 535 g/mol. The number of aliphatic hydroxyl groups excluding tert-OH is 2. The summed E-state index contributed by atoms with van der Waals surface area (Å²) in [6.45, 7) is 12.6. The summed E-state index contributed by atoms with van der Waals surface area (Å²) in [5, 5.41) is 21.9. The molecule has 212 valence electrons. The number of hydrogen-bond donors (Lipinski definition) is 3. The van der Waals surface area contributed by atoms with Gasteiger partial charge in [0.2, 0.25) is 0 Å². The molecule has 2 aromatic rings. The van der Waals surface area contributed by atoms with Gasteiger partial charge >= 0.3 is 0 Å². The van der Waals surface area contributed by atoms with Gasteiger partial charge in [0, 0.05) is 49.9 Å². The van der Waals surface area contributed by atoms with Gasteiger partial charge in [-0.25, -0.2) is 8.78 Å². The molecule has 0 aliphatic rings. The third-order valence-corrected chi connectivity index (χ3v) is 5.70. The number of aryl methyl sites for hydroxylation is 2. The van der Waals surface area contributed by atoms with Crippen molar-refractivity contribution < 1.29 is 28.6 Å². The third-order valence-electron chi connectivity index (χ3n) is 5.70. The van der Waals surface area contributed by atoms with E-state index in [2.05, 4.69) is 5.32 Å². The molecule has 0 fully saturated rings. The van der Waals surface area contributed by atoms with Crippen LogP contribution in [0.15, 0.2) is 36.4 Å². The highest BCUT2D eigenvalue weighted by Gasteiger charge is 2.18. The fourth-order valence-corrected chi connectivity index (χ4v) is 3.96. The van der Waals surface area contributed by atoms with Crippen LogP contribution in [0, 0.1) is 25.5 Å². The van der Waals surface area contributed by atoms with E-state index in [1.165, 1.54) is 12.1 Å². The number of carbonyl (C=O) groups excluding carboxylic acids is 2. The van der Waals surface area contributed by atoms with Crippen LogP contribution in [0.25, 0.3) is 0 Å². The quantitative estimate of drug-likeness (QED) is 0.361. The van der Waals surface area contributed by atoms with Gasteiger partial charge in [-0.1, -0.05) is 20.8 Å². The first-order valence-electron chi connectivity index (χ1n) is 13.2. The molecule has 0 saturated carbocycles. The second-order valence-corrected chi connectivity index (χ2v) is 9.31. The predicted octanol–water partition coefficient (Wildman–Crippen LogP) is 3.94. The van der Waals surface area contributed by atoms with Gasteiger partial charge in [-0.15, -0.1) is 0 Å². The van der Waals surface area contributed by atoms with Crippen LogP contribution in [0.1, 0.15) is 65.5 Å². The molecule has 7 nitrogen and oxygen atoms in total. The van der Waals surface area contributed by atoms with Crippen LogP contribution in [0.2, 0.25) is 0 Å². The van der Waals surface area contributed by atoms with Gasteiger partial charge in [0.15, 0.2) is 0 Å². The molecule has 0 bridgehead atoms. The molecule has 0 aliphatic carbocycles. The fraction of sp³-hybridized carbons (Fsp3) is 0.517. The molecular weight excluding hydrogens is 492 g/mol. The number of likely N-dealkylation sites (N-methyl/N-ethyl adjacent to an activating group) is 1. The maximum Gasteiger partial charge on any atom is 0.253 e. The number of amides is 2. The fourth-order valence-electron chi connectivity index (χ4n) is 3.96. The molecular formula is C29H43F2N3O4. The van der Waals surface area contributed by atoms with E-state index in [0.717, 1.165) is 24.5 Å².